The highest BCUT2D eigenvalue weighted by molar-refractivity contribution is 5.76. The van der Waals surface area contributed by atoms with Gasteiger partial charge in [0.15, 0.2) is 5.82 Å². The maximum absolute atomic E-state index is 10.1. The summed E-state index contributed by atoms with van der Waals surface area (Å²) in [5.41, 5.74) is 2.38. The van der Waals surface area contributed by atoms with Gasteiger partial charge in [0.1, 0.15) is 5.75 Å². The SMILES string of the molecule is Oc1ccccc1-c1cc2c(nn1)NC[C@@H]1CN(c3ncccn3)CCN21. The first-order valence-corrected chi connectivity index (χ1v) is 8.98. The van der Waals surface area contributed by atoms with Crippen molar-refractivity contribution in [3.8, 4) is 17.0 Å². The second-order valence-electron chi connectivity index (χ2n) is 6.70. The molecule has 1 saturated heterocycles. The topological polar surface area (TPSA) is 90.3 Å². The smallest absolute Gasteiger partial charge is 0.225 e. The number of phenolic OH excluding ortho intramolecular Hbond substituents is 1. The Morgan fingerprint density at radius 1 is 1.04 bits per heavy atom. The lowest BCUT2D eigenvalue weighted by molar-refractivity contribution is 0.477. The molecule has 2 aliphatic rings. The molecule has 0 saturated carbocycles. The summed E-state index contributed by atoms with van der Waals surface area (Å²) >= 11 is 0. The highest BCUT2D eigenvalue weighted by Crippen LogP contribution is 2.36. The highest BCUT2D eigenvalue weighted by atomic mass is 16.3. The Morgan fingerprint density at radius 2 is 1.89 bits per heavy atom. The molecule has 1 atom stereocenters. The van der Waals surface area contributed by atoms with Gasteiger partial charge in [-0.1, -0.05) is 12.1 Å². The molecule has 2 N–H and O–H groups in total. The molecule has 1 fully saturated rings. The Kier molecular flexibility index (Phi) is 3.74. The number of hydrogen-bond acceptors (Lipinski definition) is 8. The predicted octanol–water partition coefficient (Wildman–Crippen LogP) is 1.76. The molecule has 136 valence electrons. The third-order valence-corrected chi connectivity index (χ3v) is 5.09. The molecule has 8 nitrogen and oxygen atoms in total. The molecule has 2 aliphatic heterocycles. The molecular weight excluding hydrogens is 342 g/mol. The lowest BCUT2D eigenvalue weighted by atomic mass is 10.1. The fourth-order valence-corrected chi connectivity index (χ4v) is 3.75. The zero-order chi connectivity index (χ0) is 18.2. The van der Waals surface area contributed by atoms with Crippen LogP contribution in [0, 0.1) is 0 Å². The molecular formula is C19H19N7O. The van der Waals surface area contributed by atoms with Crippen molar-refractivity contribution in [3.63, 3.8) is 0 Å². The standard InChI is InChI=1S/C19H19N7O/c27-17-5-2-1-4-14(17)15-10-16-18(24-23-15)22-11-13-12-25(8-9-26(13)16)19-20-6-3-7-21-19/h1-7,10,13,27H,8-9,11-12H2,(H,22,24)/t13-/m1/s1. The summed E-state index contributed by atoms with van der Waals surface area (Å²) in [4.78, 5) is 13.3. The van der Waals surface area contributed by atoms with Crippen LogP contribution in [0.4, 0.5) is 17.5 Å². The fraction of sp³-hybridized carbons (Fsp3) is 0.263. The van der Waals surface area contributed by atoms with Crippen molar-refractivity contribution in [2.75, 3.05) is 41.3 Å². The van der Waals surface area contributed by atoms with Crippen LogP contribution in [0.3, 0.4) is 0 Å². The van der Waals surface area contributed by atoms with Gasteiger partial charge in [0.2, 0.25) is 5.95 Å². The Balaban J connectivity index is 1.45. The third-order valence-electron chi connectivity index (χ3n) is 5.09. The number of para-hydroxylation sites is 1. The van der Waals surface area contributed by atoms with Gasteiger partial charge in [0.25, 0.3) is 0 Å². The first-order valence-electron chi connectivity index (χ1n) is 8.98. The van der Waals surface area contributed by atoms with E-state index in [0.29, 0.717) is 11.3 Å². The molecule has 0 aliphatic carbocycles. The first kappa shape index (κ1) is 15.8. The van der Waals surface area contributed by atoms with Gasteiger partial charge in [-0.3, -0.25) is 0 Å². The number of aromatic hydroxyl groups is 1. The highest BCUT2D eigenvalue weighted by Gasteiger charge is 2.33. The van der Waals surface area contributed by atoms with E-state index in [-0.39, 0.29) is 11.8 Å². The van der Waals surface area contributed by atoms with Crippen LogP contribution in [0.2, 0.25) is 0 Å². The quantitative estimate of drug-likeness (QED) is 0.714. The van der Waals surface area contributed by atoms with Crippen molar-refractivity contribution in [2.45, 2.75) is 6.04 Å². The van der Waals surface area contributed by atoms with E-state index >= 15 is 0 Å². The number of nitrogens with zero attached hydrogens (tertiary/aromatic N) is 6. The average molecular weight is 361 g/mol. The number of benzene rings is 1. The summed E-state index contributed by atoms with van der Waals surface area (Å²) in [6, 6.07) is 11.3. The van der Waals surface area contributed by atoms with E-state index in [4.69, 9.17) is 0 Å². The van der Waals surface area contributed by atoms with E-state index in [1.807, 2.05) is 24.3 Å². The normalized spacial score (nSPS) is 18.4. The summed E-state index contributed by atoms with van der Waals surface area (Å²) in [7, 11) is 0. The van der Waals surface area contributed by atoms with Gasteiger partial charge in [0.05, 0.1) is 17.4 Å². The van der Waals surface area contributed by atoms with Crippen molar-refractivity contribution in [1.82, 2.24) is 20.2 Å². The van der Waals surface area contributed by atoms with Gasteiger partial charge in [-0.2, -0.15) is 0 Å². The van der Waals surface area contributed by atoms with Crippen molar-refractivity contribution in [2.24, 2.45) is 0 Å². The van der Waals surface area contributed by atoms with Crippen LogP contribution >= 0.6 is 0 Å². The molecule has 2 aromatic heterocycles. The molecule has 1 aromatic carbocycles. The van der Waals surface area contributed by atoms with Gasteiger partial charge >= 0.3 is 0 Å². The zero-order valence-corrected chi connectivity index (χ0v) is 14.7. The summed E-state index contributed by atoms with van der Waals surface area (Å²) in [5.74, 6) is 1.76. The van der Waals surface area contributed by atoms with Crippen LogP contribution in [0.5, 0.6) is 5.75 Å². The Morgan fingerprint density at radius 3 is 2.74 bits per heavy atom. The van der Waals surface area contributed by atoms with Crippen LogP contribution in [-0.4, -0.2) is 57.5 Å². The number of piperazine rings is 1. The minimum Gasteiger partial charge on any atom is -0.507 e. The molecule has 0 unspecified atom stereocenters. The second kappa shape index (κ2) is 6.39. The second-order valence-corrected chi connectivity index (χ2v) is 6.70. The maximum atomic E-state index is 10.1. The molecule has 8 heteroatoms. The minimum atomic E-state index is 0.207. The number of nitrogens with one attached hydrogen (secondary N) is 1. The van der Waals surface area contributed by atoms with Crippen LogP contribution in [-0.2, 0) is 0 Å². The largest absolute Gasteiger partial charge is 0.507 e. The zero-order valence-electron chi connectivity index (χ0n) is 14.7. The molecule has 5 rings (SSSR count). The molecule has 4 heterocycles. The van der Waals surface area contributed by atoms with Crippen molar-refractivity contribution in [1.29, 1.82) is 0 Å². The first-order chi connectivity index (χ1) is 13.3. The molecule has 27 heavy (non-hydrogen) atoms. The molecule has 0 radical (unpaired) electrons. The number of phenols is 1. The van der Waals surface area contributed by atoms with Crippen molar-refractivity contribution in [3.05, 3.63) is 48.8 Å². The van der Waals surface area contributed by atoms with Gasteiger partial charge in [-0.25, -0.2) is 9.97 Å². The molecule has 0 amide bonds. The van der Waals surface area contributed by atoms with Crippen molar-refractivity contribution >= 4 is 17.5 Å². The van der Waals surface area contributed by atoms with E-state index < -0.39 is 0 Å². The lowest BCUT2D eigenvalue weighted by Crippen LogP contribution is -2.58. The van der Waals surface area contributed by atoms with Crippen LogP contribution in [0.1, 0.15) is 0 Å². The number of hydrogen-bond donors (Lipinski definition) is 2. The predicted molar refractivity (Wildman–Crippen MR) is 103 cm³/mol. The number of aromatic nitrogens is 4. The summed E-state index contributed by atoms with van der Waals surface area (Å²) in [6.45, 7) is 3.32. The fourth-order valence-electron chi connectivity index (χ4n) is 3.75. The summed E-state index contributed by atoms with van der Waals surface area (Å²) in [5, 5.41) is 22.2. The summed E-state index contributed by atoms with van der Waals surface area (Å²) < 4.78 is 0. The van der Waals surface area contributed by atoms with E-state index in [9.17, 15) is 5.11 Å². The van der Waals surface area contributed by atoms with E-state index in [2.05, 4.69) is 35.3 Å². The maximum Gasteiger partial charge on any atom is 0.225 e. The van der Waals surface area contributed by atoms with Crippen LogP contribution < -0.4 is 15.1 Å². The van der Waals surface area contributed by atoms with E-state index in [1.165, 1.54) is 0 Å². The average Bonchev–Trinajstić information content (AvgIpc) is 2.74. The Bertz CT molecular complexity index is 965. The lowest BCUT2D eigenvalue weighted by Gasteiger charge is -2.45. The van der Waals surface area contributed by atoms with Gasteiger partial charge in [-0.15, -0.1) is 10.2 Å². The van der Waals surface area contributed by atoms with Crippen LogP contribution in [0.25, 0.3) is 11.3 Å². The molecule has 0 bridgehead atoms. The van der Waals surface area contributed by atoms with Crippen LogP contribution in [0.15, 0.2) is 48.8 Å². The van der Waals surface area contributed by atoms with Gasteiger partial charge in [-0.05, 0) is 24.3 Å². The Labute approximate surface area is 156 Å². The van der Waals surface area contributed by atoms with Crippen molar-refractivity contribution < 1.29 is 5.11 Å². The monoisotopic (exact) mass is 361 g/mol. The summed E-state index contributed by atoms with van der Waals surface area (Å²) in [6.07, 6.45) is 3.55. The number of anilines is 3. The van der Waals surface area contributed by atoms with Gasteiger partial charge < -0.3 is 20.2 Å². The van der Waals surface area contributed by atoms with E-state index in [0.717, 1.165) is 43.6 Å². The molecule has 3 aromatic rings. The number of rotatable bonds is 2. The third kappa shape index (κ3) is 2.79. The molecule has 0 spiro atoms. The minimum absolute atomic E-state index is 0.207. The number of fused-ring (bicyclic) bond motifs is 3. The van der Waals surface area contributed by atoms with E-state index in [1.54, 1.807) is 24.5 Å². The van der Waals surface area contributed by atoms with Gasteiger partial charge in [0, 0.05) is 44.1 Å². The Hall–Kier alpha value is -3.42.